The minimum Gasteiger partial charge on any atom is -0.347 e. The Morgan fingerprint density at radius 2 is 1.11 bits per heavy atom. The molecule has 1 saturated heterocycles. The fraction of sp³-hybridized carbons (Fsp3) is 1.00. The summed E-state index contributed by atoms with van der Waals surface area (Å²) >= 11 is 6.16. The summed E-state index contributed by atoms with van der Waals surface area (Å²) in [5, 5.41) is -0.383. The topological polar surface area (TPSA) is 12.5 Å². The van der Waals surface area contributed by atoms with Crippen molar-refractivity contribution in [3.8, 4) is 0 Å². The van der Waals surface area contributed by atoms with E-state index in [1.165, 1.54) is 70.6 Å². The second-order valence-electron chi connectivity index (χ2n) is 6.54. The van der Waals surface area contributed by atoms with Crippen LogP contribution in [0.15, 0.2) is 0 Å². The van der Waals surface area contributed by atoms with Gasteiger partial charge in [-0.25, -0.2) is 0 Å². The molecule has 1 rings (SSSR count). The summed E-state index contributed by atoms with van der Waals surface area (Å²) in [7, 11) is 0. The number of epoxide rings is 1. The zero-order chi connectivity index (χ0) is 14.2. The van der Waals surface area contributed by atoms with Crippen molar-refractivity contribution < 1.29 is 4.74 Å². The maximum atomic E-state index is 6.16. The maximum Gasteiger partial charge on any atom is 0.168 e. The average molecular weight is 289 g/mol. The minimum atomic E-state index is -0.383. The molecule has 19 heavy (non-hydrogen) atoms. The number of alkyl halides is 1. The second kappa shape index (κ2) is 8.52. The molecular weight excluding hydrogens is 256 g/mol. The van der Waals surface area contributed by atoms with Crippen LogP contribution >= 0.6 is 11.6 Å². The van der Waals surface area contributed by atoms with Crippen LogP contribution in [0.3, 0.4) is 0 Å². The molecule has 0 amide bonds. The Morgan fingerprint density at radius 3 is 1.47 bits per heavy atom. The molecule has 2 unspecified atom stereocenters. The molecule has 2 heteroatoms. The first-order chi connectivity index (χ1) is 9.02. The van der Waals surface area contributed by atoms with Crippen molar-refractivity contribution in [3.05, 3.63) is 0 Å². The molecule has 0 bridgehead atoms. The van der Waals surface area contributed by atoms with Crippen molar-refractivity contribution in [1.82, 2.24) is 0 Å². The van der Waals surface area contributed by atoms with Crippen LogP contribution in [-0.4, -0.2) is 10.7 Å². The van der Waals surface area contributed by atoms with E-state index in [0.29, 0.717) is 0 Å². The lowest BCUT2D eigenvalue weighted by molar-refractivity contribution is 0.287. The number of halogens is 1. The maximum absolute atomic E-state index is 6.16. The van der Waals surface area contributed by atoms with Gasteiger partial charge in [-0.1, -0.05) is 89.2 Å². The molecule has 1 aliphatic rings. The summed E-state index contributed by atoms with van der Waals surface area (Å²) in [4.78, 5) is 0. The van der Waals surface area contributed by atoms with Gasteiger partial charge in [-0.2, -0.15) is 0 Å². The summed E-state index contributed by atoms with van der Waals surface area (Å²) in [6.45, 7) is 6.39. The Bertz CT molecular complexity index is 239. The van der Waals surface area contributed by atoms with E-state index in [9.17, 15) is 0 Å². The summed E-state index contributed by atoms with van der Waals surface area (Å²) in [5.41, 5.74) is -0.0478. The Morgan fingerprint density at radius 1 is 0.737 bits per heavy atom. The Kier molecular flexibility index (Phi) is 7.76. The molecule has 0 aromatic heterocycles. The third kappa shape index (κ3) is 6.49. The number of unbranched alkanes of at least 4 members (excludes halogenated alkanes) is 10. The van der Waals surface area contributed by atoms with Gasteiger partial charge in [0.1, 0.15) is 5.60 Å². The van der Waals surface area contributed by atoms with E-state index in [0.717, 1.165) is 6.42 Å². The average Bonchev–Trinajstić information content (AvgIpc) is 2.85. The molecule has 0 spiro atoms. The molecule has 1 nitrogen and oxygen atoms in total. The fourth-order valence-corrected chi connectivity index (χ4v) is 3.06. The number of hydrogen-bond acceptors (Lipinski definition) is 1. The monoisotopic (exact) mass is 288 g/mol. The molecule has 0 N–H and O–H groups in total. The predicted octanol–water partition coefficient (Wildman–Crippen LogP) is 6.43. The largest absolute Gasteiger partial charge is 0.347 e. The number of hydrogen-bond donors (Lipinski definition) is 0. The molecule has 114 valence electrons. The second-order valence-corrected chi connectivity index (χ2v) is 7.26. The van der Waals surface area contributed by atoms with Gasteiger partial charge in [-0.05, 0) is 20.3 Å². The first-order valence-electron chi connectivity index (χ1n) is 8.41. The third-order valence-electron chi connectivity index (χ3n) is 4.58. The Labute approximate surface area is 125 Å². The highest BCUT2D eigenvalue weighted by atomic mass is 35.5. The molecule has 0 saturated carbocycles. The van der Waals surface area contributed by atoms with E-state index >= 15 is 0 Å². The molecule has 0 aliphatic carbocycles. The van der Waals surface area contributed by atoms with Crippen LogP contribution in [0.2, 0.25) is 0 Å². The zero-order valence-corrected chi connectivity index (χ0v) is 14.0. The van der Waals surface area contributed by atoms with Crippen LogP contribution in [0.5, 0.6) is 0 Å². The predicted molar refractivity (Wildman–Crippen MR) is 84.8 cm³/mol. The van der Waals surface area contributed by atoms with Gasteiger partial charge in [-0.3, -0.25) is 0 Å². The van der Waals surface area contributed by atoms with E-state index in [2.05, 4.69) is 13.8 Å². The molecule has 1 heterocycles. The molecule has 1 fully saturated rings. The van der Waals surface area contributed by atoms with Crippen LogP contribution in [0.4, 0.5) is 0 Å². The van der Waals surface area contributed by atoms with E-state index in [-0.39, 0.29) is 10.7 Å². The molecule has 0 aromatic carbocycles. The Hall–Kier alpha value is 0.250. The summed E-state index contributed by atoms with van der Waals surface area (Å²) in [6, 6.07) is 0. The van der Waals surface area contributed by atoms with Crippen LogP contribution in [0, 0.1) is 0 Å². The summed E-state index contributed by atoms with van der Waals surface area (Å²) < 4.78 is 5.55. The van der Waals surface area contributed by atoms with Gasteiger partial charge in [0.2, 0.25) is 0 Å². The van der Waals surface area contributed by atoms with Crippen molar-refractivity contribution in [3.63, 3.8) is 0 Å². The lowest BCUT2D eigenvalue weighted by atomic mass is 9.98. The summed E-state index contributed by atoms with van der Waals surface area (Å²) in [5.74, 6) is 0. The normalized spacial score (nSPS) is 29.7. The van der Waals surface area contributed by atoms with Crippen molar-refractivity contribution in [2.75, 3.05) is 0 Å². The SMILES string of the molecule is CCCCCCCCCCCCCC1(C)OC1(C)Cl. The fourth-order valence-electron chi connectivity index (χ4n) is 2.80. The third-order valence-corrected chi connectivity index (χ3v) is 5.05. The van der Waals surface area contributed by atoms with Gasteiger partial charge in [-0.15, -0.1) is 0 Å². The van der Waals surface area contributed by atoms with Crippen molar-refractivity contribution in [2.24, 2.45) is 0 Å². The van der Waals surface area contributed by atoms with Gasteiger partial charge in [0.25, 0.3) is 0 Å². The van der Waals surface area contributed by atoms with Gasteiger partial charge < -0.3 is 4.74 Å². The lowest BCUT2D eigenvalue weighted by Gasteiger charge is -2.07. The van der Waals surface area contributed by atoms with Gasteiger partial charge in [0.15, 0.2) is 5.06 Å². The van der Waals surface area contributed by atoms with Crippen LogP contribution < -0.4 is 0 Å². The molecule has 0 radical (unpaired) electrons. The van der Waals surface area contributed by atoms with Gasteiger partial charge in [0.05, 0.1) is 0 Å². The number of rotatable bonds is 12. The lowest BCUT2D eigenvalue weighted by Crippen LogP contribution is -2.13. The molecule has 1 aliphatic heterocycles. The highest BCUT2D eigenvalue weighted by Gasteiger charge is 2.61. The highest BCUT2D eigenvalue weighted by molar-refractivity contribution is 6.25. The smallest absolute Gasteiger partial charge is 0.168 e. The van der Waals surface area contributed by atoms with E-state index in [1.54, 1.807) is 0 Å². The minimum absolute atomic E-state index is 0.0478. The summed E-state index contributed by atoms with van der Waals surface area (Å²) in [6.07, 6.45) is 16.4. The number of ether oxygens (including phenoxy) is 1. The van der Waals surface area contributed by atoms with Crippen LogP contribution in [0.1, 0.15) is 97.8 Å². The van der Waals surface area contributed by atoms with Crippen molar-refractivity contribution in [2.45, 2.75) is 108 Å². The quantitative estimate of drug-likeness (QED) is 0.229. The molecular formula is C17H33ClO. The van der Waals surface area contributed by atoms with E-state index in [1.807, 2.05) is 6.92 Å². The molecule has 2 atom stereocenters. The zero-order valence-electron chi connectivity index (χ0n) is 13.3. The van der Waals surface area contributed by atoms with Crippen molar-refractivity contribution in [1.29, 1.82) is 0 Å². The standard InChI is InChI=1S/C17H33ClO/c1-4-5-6-7-8-9-10-11-12-13-14-15-16(2)17(3,18)19-16/h4-15H2,1-3H3. The van der Waals surface area contributed by atoms with Gasteiger partial charge in [0, 0.05) is 0 Å². The van der Waals surface area contributed by atoms with Crippen LogP contribution in [-0.2, 0) is 4.74 Å². The van der Waals surface area contributed by atoms with E-state index in [4.69, 9.17) is 16.3 Å². The Balaban J connectivity index is 1.77. The van der Waals surface area contributed by atoms with Gasteiger partial charge >= 0.3 is 0 Å². The highest BCUT2D eigenvalue weighted by Crippen LogP contribution is 2.53. The first kappa shape index (κ1) is 17.3. The van der Waals surface area contributed by atoms with E-state index < -0.39 is 0 Å². The van der Waals surface area contributed by atoms with Crippen molar-refractivity contribution >= 4 is 11.6 Å². The van der Waals surface area contributed by atoms with Crippen LogP contribution in [0.25, 0.3) is 0 Å². The molecule has 0 aromatic rings. The first-order valence-corrected chi connectivity index (χ1v) is 8.79.